The Morgan fingerprint density at radius 1 is 1.27 bits per heavy atom. The van der Waals surface area contributed by atoms with Crippen LogP contribution in [0.5, 0.6) is 0 Å². The first-order chi connectivity index (χ1) is 10.2. The van der Waals surface area contributed by atoms with Gasteiger partial charge in [0.25, 0.3) is 5.69 Å². The topological polar surface area (TPSA) is 43.1 Å². The van der Waals surface area contributed by atoms with Gasteiger partial charge in [0.15, 0.2) is 0 Å². The van der Waals surface area contributed by atoms with Gasteiger partial charge in [-0.2, -0.15) is 13.2 Å². The van der Waals surface area contributed by atoms with Crippen LogP contribution < -0.4 is 0 Å². The molecule has 0 aromatic heterocycles. The second kappa shape index (κ2) is 6.08. The van der Waals surface area contributed by atoms with Gasteiger partial charge < -0.3 is 0 Å². The van der Waals surface area contributed by atoms with Gasteiger partial charge in [-0.05, 0) is 41.8 Å². The van der Waals surface area contributed by atoms with Crippen molar-refractivity contribution in [2.24, 2.45) is 0 Å². The van der Waals surface area contributed by atoms with E-state index in [1.54, 1.807) is 6.92 Å². The standard InChI is InChI=1S/C15H10BrF3NO2/c1-2-9-3-5-13(15(17,18)19)11(7-9)12-8-10(20(21)22)4-6-14(12)16/h4-8H,2H2,1H3. The number of aryl methyl sites for hydroxylation is 1. The molecule has 7 heteroatoms. The molecular formula is C15H10BrF3NO2. The van der Waals surface area contributed by atoms with E-state index < -0.39 is 16.7 Å². The number of hydrogen-bond acceptors (Lipinski definition) is 2. The number of benzene rings is 2. The smallest absolute Gasteiger partial charge is 0.258 e. The largest absolute Gasteiger partial charge is 0.417 e. The molecule has 2 rings (SSSR count). The van der Waals surface area contributed by atoms with Crippen LogP contribution in [0.2, 0.25) is 0 Å². The van der Waals surface area contributed by atoms with Crippen molar-refractivity contribution >= 4 is 21.6 Å². The van der Waals surface area contributed by atoms with Gasteiger partial charge in [0.1, 0.15) is 0 Å². The van der Waals surface area contributed by atoms with Crippen molar-refractivity contribution < 1.29 is 18.1 Å². The third-order valence-corrected chi connectivity index (χ3v) is 3.84. The minimum atomic E-state index is -4.57. The van der Waals surface area contributed by atoms with Gasteiger partial charge in [0.05, 0.1) is 10.5 Å². The third kappa shape index (κ3) is 3.30. The van der Waals surface area contributed by atoms with Gasteiger partial charge in [0, 0.05) is 22.2 Å². The highest BCUT2D eigenvalue weighted by molar-refractivity contribution is 9.10. The van der Waals surface area contributed by atoms with Gasteiger partial charge in [0.2, 0.25) is 0 Å². The number of alkyl halides is 3. The highest BCUT2D eigenvalue weighted by Crippen LogP contribution is 2.41. The number of halogens is 4. The van der Waals surface area contributed by atoms with E-state index in [-0.39, 0.29) is 16.8 Å². The SMILES string of the molecule is CCc1[c]cc(C(F)(F)F)c(-c2cc([N+](=O)[O-])ccc2Br)c1. The molecule has 2 aromatic rings. The molecule has 0 aliphatic heterocycles. The van der Waals surface area contributed by atoms with E-state index in [0.717, 1.165) is 12.1 Å². The maximum Gasteiger partial charge on any atom is 0.417 e. The zero-order valence-electron chi connectivity index (χ0n) is 11.4. The molecule has 0 saturated heterocycles. The van der Waals surface area contributed by atoms with Crippen LogP contribution in [0.15, 0.2) is 34.8 Å². The fourth-order valence-corrected chi connectivity index (χ4v) is 2.49. The number of hydrogen-bond donors (Lipinski definition) is 0. The Morgan fingerprint density at radius 2 is 1.95 bits per heavy atom. The lowest BCUT2D eigenvalue weighted by molar-refractivity contribution is -0.384. The van der Waals surface area contributed by atoms with E-state index in [0.29, 0.717) is 16.5 Å². The molecule has 0 saturated carbocycles. The Morgan fingerprint density at radius 3 is 2.50 bits per heavy atom. The molecule has 3 nitrogen and oxygen atoms in total. The fourth-order valence-electron chi connectivity index (χ4n) is 2.03. The van der Waals surface area contributed by atoms with E-state index >= 15 is 0 Å². The monoisotopic (exact) mass is 372 g/mol. The number of rotatable bonds is 3. The van der Waals surface area contributed by atoms with E-state index in [4.69, 9.17) is 0 Å². The number of nitro groups is 1. The van der Waals surface area contributed by atoms with Crippen LogP contribution in [0.3, 0.4) is 0 Å². The van der Waals surface area contributed by atoms with Crippen LogP contribution >= 0.6 is 15.9 Å². The molecule has 0 spiro atoms. The van der Waals surface area contributed by atoms with Crippen molar-refractivity contribution in [2.75, 3.05) is 0 Å². The van der Waals surface area contributed by atoms with Crippen molar-refractivity contribution in [1.29, 1.82) is 0 Å². The molecule has 0 heterocycles. The summed E-state index contributed by atoms with van der Waals surface area (Å²) in [6, 6.07) is 8.58. The molecule has 1 radical (unpaired) electrons. The normalized spacial score (nSPS) is 11.5. The Bertz CT molecular complexity index is 729. The Balaban J connectivity index is 2.75. The zero-order chi connectivity index (χ0) is 16.5. The summed E-state index contributed by atoms with van der Waals surface area (Å²) in [7, 11) is 0. The predicted molar refractivity (Wildman–Crippen MR) is 79.4 cm³/mol. The first kappa shape index (κ1) is 16.5. The van der Waals surface area contributed by atoms with Gasteiger partial charge in [-0.3, -0.25) is 10.1 Å². The molecule has 0 N–H and O–H groups in total. The highest BCUT2D eigenvalue weighted by atomic mass is 79.9. The number of nitro benzene ring substituents is 1. The van der Waals surface area contributed by atoms with Gasteiger partial charge in [-0.1, -0.05) is 22.9 Å². The lowest BCUT2D eigenvalue weighted by atomic mass is 9.96. The Hall–Kier alpha value is -1.89. The summed E-state index contributed by atoms with van der Waals surface area (Å²) in [5.74, 6) is 0. The molecule has 0 amide bonds. The van der Waals surface area contributed by atoms with Crippen molar-refractivity contribution in [3.05, 3.63) is 62.1 Å². The second-order valence-electron chi connectivity index (χ2n) is 4.56. The van der Waals surface area contributed by atoms with Gasteiger partial charge >= 0.3 is 6.18 Å². The average Bonchev–Trinajstić information content (AvgIpc) is 2.45. The minimum absolute atomic E-state index is 0.0984. The molecule has 115 valence electrons. The predicted octanol–water partition coefficient (Wildman–Crippen LogP) is 5.41. The van der Waals surface area contributed by atoms with Crippen molar-refractivity contribution in [3.8, 4) is 11.1 Å². The van der Waals surface area contributed by atoms with Crippen molar-refractivity contribution in [2.45, 2.75) is 19.5 Å². The summed E-state index contributed by atoms with van der Waals surface area (Å²) in [5, 5.41) is 10.9. The molecule has 0 bridgehead atoms. The average molecular weight is 373 g/mol. The first-order valence-corrected chi connectivity index (χ1v) is 7.09. The Kier molecular flexibility index (Phi) is 4.55. The molecule has 0 unspecified atom stereocenters. The summed E-state index contributed by atoms with van der Waals surface area (Å²) in [5.41, 5.74) is -0.506. The second-order valence-corrected chi connectivity index (χ2v) is 5.41. The minimum Gasteiger partial charge on any atom is -0.258 e. The van der Waals surface area contributed by atoms with Crippen LogP contribution in [-0.2, 0) is 12.6 Å². The lowest BCUT2D eigenvalue weighted by Crippen LogP contribution is -2.08. The highest BCUT2D eigenvalue weighted by Gasteiger charge is 2.34. The summed E-state index contributed by atoms with van der Waals surface area (Å²) >= 11 is 3.16. The van der Waals surface area contributed by atoms with Gasteiger partial charge in [-0.15, -0.1) is 0 Å². The van der Waals surface area contributed by atoms with Crippen LogP contribution in [0.4, 0.5) is 18.9 Å². The van der Waals surface area contributed by atoms with E-state index in [2.05, 4.69) is 22.0 Å². The summed E-state index contributed by atoms with van der Waals surface area (Å²) < 4.78 is 39.9. The first-order valence-electron chi connectivity index (χ1n) is 6.30. The lowest BCUT2D eigenvalue weighted by Gasteiger charge is -2.15. The van der Waals surface area contributed by atoms with Crippen LogP contribution in [-0.4, -0.2) is 4.92 Å². The summed E-state index contributed by atoms with van der Waals surface area (Å²) in [6.45, 7) is 1.80. The van der Waals surface area contributed by atoms with Crippen LogP contribution in [0.1, 0.15) is 18.1 Å². The molecule has 0 aliphatic carbocycles. The Labute approximate surface area is 133 Å². The molecule has 0 aliphatic rings. The van der Waals surface area contributed by atoms with Crippen LogP contribution in [0, 0.1) is 16.2 Å². The number of non-ortho nitro benzene ring substituents is 1. The van der Waals surface area contributed by atoms with Crippen molar-refractivity contribution in [3.63, 3.8) is 0 Å². The fraction of sp³-hybridized carbons (Fsp3) is 0.200. The summed E-state index contributed by atoms with van der Waals surface area (Å²) in [4.78, 5) is 10.2. The van der Waals surface area contributed by atoms with Crippen molar-refractivity contribution in [1.82, 2.24) is 0 Å². The number of nitrogens with zero attached hydrogens (tertiary/aromatic N) is 1. The zero-order valence-corrected chi connectivity index (χ0v) is 13.0. The molecule has 0 fully saturated rings. The van der Waals surface area contributed by atoms with E-state index in [1.807, 2.05) is 0 Å². The van der Waals surface area contributed by atoms with Crippen LogP contribution in [0.25, 0.3) is 11.1 Å². The molecule has 0 atom stereocenters. The third-order valence-electron chi connectivity index (χ3n) is 3.15. The maximum absolute atomic E-state index is 13.2. The quantitative estimate of drug-likeness (QED) is 0.534. The van der Waals surface area contributed by atoms with E-state index in [1.165, 1.54) is 18.2 Å². The molecule has 2 aromatic carbocycles. The molecule has 22 heavy (non-hydrogen) atoms. The molecular weight excluding hydrogens is 363 g/mol. The van der Waals surface area contributed by atoms with Gasteiger partial charge in [-0.25, -0.2) is 0 Å². The summed E-state index contributed by atoms with van der Waals surface area (Å²) in [6.07, 6.45) is -4.06. The maximum atomic E-state index is 13.2. The van der Waals surface area contributed by atoms with E-state index in [9.17, 15) is 23.3 Å².